The summed E-state index contributed by atoms with van der Waals surface area (Å²) in [5.41, 5.74) is 1.99. The van der Waals surface area contributed by atoms with E-state index in [0.29, 0.717) is 43.7 Å². The summed E-state index contributed by atoms with van der Waals surface area (Å²) >= 11 is 0. The molecule has 146 valence electrons. The van der Waals surface area contributed by atoms with E-state index in [1.807, 2.05) is 72.5 Å². The number of Topliss-reactive ketones (excluding diaryl/α,β-unsaturated/α-hetero) is 1. The lowest BCUT2D eigenvalue weighted by Crippen LogP contribution is -2.52. The van der Waals surface area contributed by atoms with E-state index in [1.54, 1.807) is 0 Å². The molecule has 0 atom stereocenters. The molecular formula is C25H23NO3. The van der Waals surface area contributed by atoms with Crippen molar-refractivity contribution in [2.45, 2.75) is 31.8 Å². The standard InChI is InChI=1S/C25H23NO3/c1-17-9-10-23-21(15-17)22(27)16-25(29-23)11-13-26(14-12-25)24(28)20-8-4-6-18-5-2-3-7-19(18)20/h2-10,15H,11-14,16H2,1H3. The molecule has 4 nitrogen and oxygen atoms in total. The van der Waals surface area contributed by atoms with Gasteiger partial charge in [-0.05, 0) is 35.9 Å². The van der Waals surface area contributed by atoms with Crippen molar-refractivity contribution in [3.05, 3.63) is 77.4 Å². The molecule has 2 aliphatic rings. The highest BCUT2D eigenvalue weighted by Gasteiger charge is 2.43. The van der Waals surface area contributed by atoms with Crippen LogP contribution < -0.4 is 4.74 Å². The number of carbonyl (C=O) groups is 2. The number of fused-ring (bicyclic) bond motifs is 2. The zero-order valence-corrected chi connectivity index (χ0v) is 16.5. The van der Waals surface area contributed by atoms with Crippen molar-refractivity contribution in [3.63, 3.8) is 0 Å². The third-order valence-corrected chi connectivity index (χ3v) is 6.23. The number of nitrogens with zero attached hydrogens (tertiary/aromatic N) is 1. The number of hydrogen-bond acceptors (Lipinski definition) is 3. The summed E-state index contributed by atoms with van der Waals surface area (Å²) in [4.78, 5) is 27.8. The first-order valence-electron chi connectivity index (χ1n) is 10.1. The molecule has 3 aromatic rings. The summed E-state index contributed by atoms with van der Waals surface area (Å²) in [5, 5.41) is 2.05. The highest BCUT2D eigenvalue weighted by Crippen LogP contribution is 2.40. The Morgan fingerprint density at radius 2 is 1.76 bits per heavy atom. The average Bonchev–Trinajstić information content (AvgIpc) is 2.74. The van der Waals surface area contributed by atoms with Gasteiger partial charge in [-0.3, -0.25) is 9.59 Å². The zero-order chi connectivity index (χ0) is 20.0. The van der Waals surface area contributed by atoms with Gasteiger partial charge in [0, 0.05) is 31.5 Å². The van der Waals surface area contributed by atoms with Gasteiger partial charge in [0.2, 0.25) is 0 Å². The maximum atomic E-state index is 13.2. The van der Waals surface area contributed by atoms with Crippen LogP contribution in [0.5, 0.6) is 5.75 Å². The van der Waals surface area contributed by atoms with Gasteiger partial charge in [-0.2, -0.15) is 0 Å². The van der Waals surface area contributed by atoms with Crippen molar-refractivity contribution in [1.29, 1.82) is 0 Å². The summed E-state index contributed by atoms with van der Waals surface area (Å²) in [6.45, 7) is 3.17. The first-order chi connectivity index (χ1) is 14.0. The second-order valence-electron chi connectivity index (χ2n) is 8.20. The van der Waals surface area contributed by atoms with E-state index < -0.39 is 5.60 Å². The van der Waals surface area contributed by atoms with Gasteiger partial charge < -0.3 is 9.64 Å². The van der Waals surface area contributed by atoms with E-state index >= 15 is 0 Å². The fraction of sp³-hybridized carbons (Fsp3) is 0.280. The zero-order valence-electron chi connectivity index (χ0n) is 16.5. The molecule has 3 aromatic carbocycles. The molecule has 0 aliphatic carbocycles. The second kappa shape index (κ2) is 6.73. The predicted octanol–water partition coefficient (Wildman–Crippen LogP) is 4.79. The van der Waals surface area contributed by atoms with E-state index in [2.05, 4.69) is 0 Å². The molecular weight excluding hydrogens is 362 g/mol. The van der Waals surface area contributed by atoms with Crippen molar-refractivity contribution in [2.24, 2.45) is 0 Å². The number of rotatable bonds is 1. The molecule has 2 aliphatic heterocycles. The number of carbonyl (C=O) groups excluding carboxylic acids is 2. The van der Waals surface area contributed by atoms with E-state index in [1.165, 1.54) is 0 Å². The van der Waals surface area contributed by atoms with Gasteiger partial charge in [-0.15, -0.1) is 0 Å². The molecule has 0 radical (unpaired) electrons. The molecule has 29 heavy (non-hydrogen) atoms. The van der Waals surface area contributed by atoms with Gasteiger partial charge in [0.25, 0.3) is 5.91 Å². The molecule has 1 fully saturated rings. The van der Waals surface area contributed by atoms with Gasteiger partial charge in [-0.1, -0.05) is 48.0 Å². The molecule has 0 aromatic heterocycles. The Balaban J connectivity index is 1.36. The van der Waals surface area contributed by atoms with Crippen LogP contribution in [0.15, 0.2) is 60.7 Å². The summed E-state index contributed by atoms with van der Waals surface area (Å²) in [6, 6.07) is 19.6. The van der Waals surface area contributed by atoms with Crippen LogP contribution in [0.1, 0.15) is 45.5 Å². The first kappa shape index (κ1) is 17.9. The largest absolute Gasteiger partial charge is 0.486 e. The first-order valence-corrected chi connectivity index (χ1v) is 10.1. The number of hydrogen-bond donors (Lipinski definition) is 0. The summed E-state index contributed by atoms with van der Waals surface area (Å²) in [6.07, 6.45) is 1.73. The Kier molecular flexibility index (Phi) is 4.16. The molecule has 0 unspecified atom stereocenters. The Morgan fingerprint density at radius 3 is 2.59 bits per heavy atom. The van der Waals surface area contributed by atoms with Crippen molar-refractivity contribution < 1.29 is 14.3 Å². The third-order valence-electron chi connectivity index (χ3n) is 6.23. The number of ether oxygens (including phenoxy) is 1. The quantitative estimate of drug-likeness (QED) is 0.605. The van der Waals surface area contributed by atoms with E-state index in [4.69, 9.17) is 4.74 Å². The van der Waals surface area contributed by atoms with Crippen LogP contribution in [0.25, 0.3) is 10.8 Å². The maximum Gasteiger partial charge on any atom is 0.254 e. The molecule has 4 heteroatoms. The van der Waals surface area contributed by atoms with Crippen molar-refractivity contribution in [3.8, 4) is 5.75 Å². The fourth-order valence-electron chi connectivity index (χ4n) is 4.59. The smallest absolute Gasteiger partial charge is 0.254 e. The van der Waals surface area contributed by atoms with Crippen molar-refractivity contribution >= 4 is 22.5 Å². The Hall–Kier alpha value is -3.14. The van der Waals surface area contributed by atoms with Gasteiger partial charge in [0.15, 0.2) is 5.78 Å². The van der Waals surface area contributed by atoms with Crippen LogP contribution in [-0.4, -0.2) is 35.3 Å². The summed E-state index contributed by atoms with van der Waals surface area (Å²) < 4.78 is 6.33. The normalized spacial score (nSPS) is 17.8. The van der Waals surface area contributed by atoms with Crippen LogP contribution >= 0.6 is 0 Å². The molecule has 1 spiro atoms. The monoisotopic (exact) mass is 385 g/mol. The minimum atomic E-state index is -0.491. The number of amides is 1. The Morgan fingerprint density at radius 1 is 1.00 bits per heavy atom. The number of ketones is 1. The van der Waals surface area contributed by atoms with E-state index in [0.717, 1.165) is 21.9 Å². The topological polar surface area (TPSA) is 46.6 Å². The number of aryl methyl sites for hydroxylation is 1. The fourth-order valence-corrected chi connectivity index (χ4v) is 4.59. The Labute approximate surface area is 170 Å². The van der Waals surface area contributed by atoms with Crippen LogP contribution in [-0.2, 0) is 0 Å². The molecule has 0 bridgehead atoms. The number of benzene rings is 3. The van der Waals surface area contributed by atoms with Crippen LogP contribution in [0, 0.1) is 6.92 Å². The minimum Gasteiger partial charge on any atom is -0.486 e. The van der Waals surface area contributed by atoms with Gasteiger partial charge in [0.05, 0.1) is 12.0 Å². The maximum absolute atomic E-state index is 13.2. The molecule has 5 rings (SSSR count). The van der Waals surface area contributed by atoms with Crippen molar-refractivity contribution in [2.75, 3.05) is 13.1 Å². The molecule has 1 amide bonds. The van der Waals surface area contributed by atoms with Crippen molar-refractivity contribution in [1.82, 2.24) is 4.90 Å². The lowest BCUT2D eigenvalue weighted by molar-refractivity contribution is -0.00567. The van der Waals surface area contributed by atoms with E-state index in [-0.39, 0.29) is 11.7 Å². The minimum absolute atomic E-state index is 0.0508. The number of likely N-dealkylation sites (tertiary alicyclic amines) is 1. The summed E-state index contributed by atoms with van der Waals surface area (Å²) in [7, 11) is 0. The molecule has 0 N–H and O–H groups in total. The van der Waals surface area contributed by atoms with Gasteiger partial charge >= 0.3 is 0 Å². The lowest BCUT2D eigenvalue weighted by Gasteiger charge is -2.44. The van der Waals surface area contributed by atoms with Gasteiger partial charge in [0.1, 0.15) is 11.4 Å². The molecule has 0 saturated carbocycles. The van der Waals surface area contributed by atoms with Crippen LogP contribution in [0.4, 0.5) is 0 Å². The molecule has 2 heterocycles. The van der Waals surface area contributed by atoms with Crippen LogP contribution in [0.2, 0.25) is 0 Å². The van der Waals surface area contributed by atoms with Gasteiger partial charge in [-0.25, -0.2) is 0 Å². The third kappa shape index (κ3) is 3.09. The Bertz CT molecular complexity index is 1120. The lowest BCUT2D eigenvalue weighted by atomic mass is 9.82. The SMILES string of the molecule is Cc1ccc2c(c1)C(=O)CC1(CCN(C(=O)c3cccc4ccccc34)CC1)O2. The highest BCUT2D eigenvalue weighted by molar-refractivity contribution is 6.07. The summed E-state index contributed by atoms with van der Waals surface area (Å²) in [5.74, 6) is 0.874. The van der Waals surface area contributed by atoms with E-state index in [9.17, 15) is 9.59 Å². The van der Waals surface area contributed by atoms with Crippen LogP contribution in [0.3, 0.4) is 0 Å². The highest BCUT2D eigenvalue weighted by atomic mass is 16.5. The average molecular weight is 385 g/mol. The predicted molar refractivity (Wildman–Crippen MR) is 113 cm³/mol. The number of piperidine rings is 1. The second-order valence-corrected chi connectivity index (χ2v) is 8.20. The molecule has 1 saturated heterocycles.